The Labute approximate surface area is 131 Å². The van der Waals surface area contributed by atoms with Gasteiger partial charge in [-0.25, -0.2) is 0 Å². The van der Waals surface area contributed by atoms with E-state index in [0.29, 0.717) is 5.56 Å². The molecule has 0 spiro atoms. The molecule has 0 aliphatic heterocycles. The summed E-state index contributed by atoms with van der Waals surface area (Å²) in [7, 11) is -1.76. The second kappa shape index (κ2) is 6.73. The summed E-state index contributed by atoms with van der Waals surface area (Å²) in [6.45, 7) is 0. The number of nitro groups is 1. The van der Waals surface area contributed by atoms with Crippen LogP contribution in [0, 0.1) is 10.1 Å². The molecule has 5 nitrogen and oxygen atoms in total. The Kier molecular flexibility index (Phi) is 4.98. The van der Waals surface area contributed by atoms with E-state index in [9.17, 15) is 19.1 Å². The van der Waals surface area contributed by atoms with Crippen LogP contribution in [0.5, 0.6) is 0 Å². The number of halogens is 1. The average Bonchev–Trinajstić information content (AvgIpc) is 2.47. The Morgan fingerprint density at radius 1 is 1.19 bits per heavy atom. The van der Waals surface area contributed by atoms with Crippen LogP contribution in [0.2, 0.25) is 0 Å². The summed E-state index contributed by atoms with van der Waals surface area (Å²) < 4.78 is 13.0. The molecule has 0 radical (unpaired) electrons. The predicted molar refractivity (Wildman–Crippen MR) is 82.8 cm³/mol. The number of para-hydroxylation sites is 1. The first-order valence-electron chi connectivity index (χ1n) is 5.89. The van der Waals surface area contributed by atoms with Crippen molar-refractivity contribution in [1.82, 2.24) is 0 Å². The lowest BCUT2D eigenvalue weighted by atomic mass is 10.2. The third-order valence-corrected chi connectivity index (χ3v) is 4.57. The van der Waals surface area contributed by atoms with Crippen LogP contribution in [0.1, 0.15) is 10.4 Å². The van der Waals surface area contributed by atoms with Crippen molar-refractivity contribution in [2.75, 3.05) is 5.75 Å². The van der Waals surface area contributed by atoms with Crippen LogP contribution in [-0.2, 0) is 10.8 Å². The van der Waals surface area contributed by atoms with Gasteiger partial charge in [0.25, 0.3) is 5.69 Å². The molecule has 2 aromatic carbocycles. The Morgan fingerprint density at radius 2 is 1.90 bits per heavy atom. The molecule has 0 aliphatic carbocycles. The molecule has 108 valence electrons. The first kappa shape index (κ1) is 15.5. The first-order valence-corrected chi connectivity index (χ1v) is 8.01. The summed E-state index contributed by atoms with van der Waals surface area (Å²) >= 11 is 3.25. The second-order valence-corrected chi connectivity index (χ2v) is 6.48. The van der Waals surface area contributed by atoms with Gasteiger partial charge in [0.2, 0.25) is 0 Å². The van der Waals surface area contributed by atoms with Crippen LogP contribution < -0.4 is 0 Å². The van der Waals surface area contributed by atoms with Crippen molar-refractivity contribution in [3.8, 4) is 0 Å². The van der Waals surface area contributed by atoms with Gasteiger partial charge >= 0.3 is 0 Å². The maximum Gasteiger partial charge on any atom is 0.285 e. The number of ketones is 1. The summed E-state index contributed by atoms with van der Waals surface area (Å²) in [5, 5.41) is 10.9. The van der Waals surface area contributed by atoms with Crippen LogP contribution >= 0.6 is 15.9 Å². The maximum absolute atomic E-state index is 12.2. The highest BCUT2D eigenvalue weighted by atomic mass is 79.9. The number of hydrogen-bond acceptors (Lipinski definition) is 4. The normalized spacial score (nSPS) is 11.9. The highest BCUT2D eigenvalue weighted by Gasteiger charge is 2.20. The molecule has 1 unspecified atom stereocenters. The second-order valence-electron chi connectivity index (χ2n) is 4.15. The molecule has 0 saturated carbocycles. The van der Waals surface area contributed by atoms with Crippen molar-refractivity contribution in [2.45, 2.75) is 4.90 Å². The Hall–Kier alpha value is -1.86. The zero-order valence-electron chi connectivity index (χ0n) is 10.7. The fourth-order valence-electron chi connectivity index (χ4n) is 1.74. The largest absolute Gasteiger partial charge is 0.293 e. The number of carbonyl (C=O) groups is 1. The lowest BCUT2D eigenvalue weighted by Crippen LogP contribution is -2.12. The van der Waals surface area contributed by atoms with E-state index in [-0.39, 0.29) is 22.1 Å². The standard InChI is InChI=1S/C14H10BrNO4S/c15-11-5-3-4-10(8-11)13(17)9-21(20)14-7-2-1-6-12(14)16(18)19/h1-8H,9H2. The van der Waals surface area contributed by atoms with Gasteiger partial charge in [-0.3, -0.25) is 19.1 Å². The lowest BCUT2D eigenvalue weighted by Gasteiger charge is -2.04. The van der Waals surface area contributed by atoms with E-state index in [0.717, 1.165) is 4.47 Å². The highest BCUT2D eigenvalue weighted by molar-refractivity contribution is 9.10. The van der Waals surface area contributed by atoms with Crippen LogP contribution in [0.15, 0.2) is 57.9 Å². The van der Waals surface area contributed by atoms with E-state index in [1.54, 1.807) is 30.3 Å². The van der Waals surface area contributed by atoms with E-state index < -0.39 is 15.7 Å². The minimum Gasteiger partial charge on any atom is -0.293 e. The number of nitrogens with zero attached hydrogens (tertiary/aromatic N) is 1. The van der Waals surface area contributed by atoms with Gasteiger partial charge in [0.1, 0.15) is 4.90 Å². The Bertz CT molecular complexity index is 732. The minimum absolute atomic E-state index is 0.0610. The molecule has 0 fully saturated rings. The van der Waals surface area contributed by atoms with Gasteiger partial charge in [0.05, 0.1) is 21.5 Å². The topological polar surface area (TPSA) is 77.3 Å². The van der Waals surface area contributed by atoms with Crippen molar-refractivity contribution in [3.63, 3.8) is 0 Å². The van der Waals surface area contributed by atoms with E-state index in [1.807, 2.05) is 0 Å². The molecule has 1 atom stereocenters. The molecule has 0 amide bonds. The van der Waals surface area contributed by atoms with Gasteiger partial charge in [0.15, 0.2) is 5.78 Å². The number of rotatable bonds is 5. The summed E-state index contributed by atoms with van der Waals surface area (Å²) in [6, 6.07) is 12.4. The molecule has 0 N–H and O–H groups in total. The van der Waals surface area contributed by atoms with Crippen LogP contribution in [0.4, 0.5) is 5.69 Å². The quantitative estimate of drug-likeness (QED) is 0.461. The first-order chi connectivity index (χ1) is 9.99. The van der Waals surface area contributed by atoms with Crippen LogP contribution in [-0.4, -0.2) is 20.7 Å². The fourth-order valence-corrected chi connectivity index (χ4v) is 3.31. The molecule has 2 rings (SSSR count). The Balaban J connectivity index is 2.23. The zero-order valence-corrected chi connectivity index (χ0v) is 13.1. The van der Waals surface area contributed by atoms with Crippen molar-refractivity contribution in [3.05, 3.63) is 68.7 Å². The summed E-state index contributed by atoms with van der Waals surface area (Å²) in [5.41, 5.74) is 0.175. The third kappa shape index (κ3) is 3.83. The molecular formula is C14H10BrNO4S. The van der Waals surface area contributed by atoms with Crippen LogP contribution in [0.3, 0.4) is 0 Å². The van der Waals surface area contributed by atoms with Gasteiger partial charge in [-0.15, -0.1) is 0 Å². The van der Waals surface area contributed by atoms with Gasteiger partial charge < -0.3 is 0 Å². The summed E-state index contributed by atoms with van der Waals surface area (Å²) in [5.74, 6) is -0.616. The number of benzene rings is 2. The van der Waals surface area contributed by atoms with Crippen molar-refractivity contribution in [1.29, 1.82) is 0 Å². The highest BCUT2D eigenvalue weighted by Crippen LogP contribution is 2.22. The zero-order chi connectivity index (χ0) is 15.4. The molecule has 7 heteroatoms. The number of carbonyl (C=O) groups excluding carboxylic acids is 1. The van der Waals surface area contributed by atoms with Crippen molar-refractivity contribution in [2.24, 2.45) is 0 Å². The third-order valence-electron chi connectivity index (χ3n) is 2.72. The molecule has 0 bridgehead atoms. The number of nitro benzene ring substituents is 1. The van der Waals surface area contributed by atoms with Gasteiger partial charge in [-0.1, -0.05) is 40.2 Å². The molecule has 0 saturated heterocycles. The van der Waals surface area contributed by atoms with Gasteiger partial charge in [-0.05, 0) is 18.2 Å². The monoisotopic (exact) mass is 367 g/mol. The summed E-state index contributed by atoms with van der Waals surface area (Å²) in [6.07, 6.45) is 0. The number of Topliss-reactive ketones (excluding diaryl/α,β-unsaturated/α-hetero) is 1. The van der Waals surface area contributed by atoms with E-state index >= 15 is 0 Å². The average molecular weight is 368 g/mol. The Morgan fingerprint density at radius 3 is 2.57 bits per heavy atom. The van der Waals surface area contributed by atoms with Crippen molar-refractivity contribution < 1.29 is 13.9 Å². The molecule has 0 heterocycles. The fraction of sp³-hybridized carbons (Fsp3) is 0.0714. The predicted octanol–water partition coefficient (Wildman–Crippen LogP) is 3.35. The molecule has 21 heavy (non-hydrogen) atoms. The molecule has 2 aromatic rings. The minimum atomic E-state index is -1.76. The van der Waals surface area contributed by atoms with E-state index in [2.05, 4.69) is 15.9 Å². The van der Waals surface area contributed by atoms with Gasteiger partial charge in [0, 0.05) is 16.1 Å². The molecular weight excluding hydrogens is 358 g/mol. The summed E-state index contributed by atoms with van der Waals surface area (Å²) in [4.78, 5) is 22.4. The number of hydrogen-bond donors (Lipinski definition) is 0. The van der Waals surface area contributed by atoms with Crippen molar-refractivity contribution >= 4 is 38.2 Å². The maximum atomic E-state index is 12.2. The smallest absolute Gasteiger partial charge is 0.285 e. The molecule has 0 aromatic heterocycles. The van der Waals surface area contributed by atoms with Gasteiger partial charge in [-0.2, -0.15) is 0 Å². The van der Waals surface area contributed by atoms with E-state index in [1.165, 1.54) is 18.2 Å². The lowest BCUT2D eigenvalue weighted by molar-refractivity contribution is -0.387. The van der Waals surface area contributed by atoms with Crippen LogP contribution in [0.25, 0.3) is 0 Å². The van der Waals surface area contributed by atoms with E-state index in [4.69, 9.17) is 0 Å². The SMILES string of the molecule is O=C(CS(=O)c1ccccc1[N+](=O)[O-])c1cccc(Br)c1. The molecule has 0 aliphatic rings.